The molecule has 1 aliphatic heterocycles. The zero-order valence-corrected chi connectivity index (χ0v) is 17.8. The maximum Gasteiger partial charge on any atom is 0.243 e. The first-order valence-corrected chi connectivity index (χ1v) is 11.7. The van der Waals surface area contributed by atoms with E-state index in [9.17, 15) is 13.2 Å². The van der Waals surface area contributed by atoms with Crippen LogP contribution in [0.1, 0.15) is 12.8 Å². The van der Waals surface area contributed by atoms with E-state index in [1.54, 1.807) is 54.6 Å². The van der Waals surface area contributed by atoms with E-state index in [1.807, 2.05) is 30.3 Å². The molecule has 7 heteroatoms. The second-order valence-corrected chi connectivity index (χ2v) is 9.38. The fraction of sp³-hybridized carbons (Fsp3) is 0.208. The Morgan fingerprint density at radius 2 is 1.48 bits per heavy atom. The predicted molar refractivity (Wildman–Crippen MR) is 120 cm³/mol. The van der Waals surface area contributed by atoms with Crippen molar-refractivity contribution in [1.82, 2.24) is 4.31 Å². The van der Waals surface area contributed by atoms with Crippen LogP contribution in [0.15, 0.2) is 89.8 Å². The van der Waals surface area contributed by atoms with Gasteiger partial charge in [0, 0.05) is 18.8 Å². The first-order chi connectivity index (χ1) is 15.0. The highest BCUT2D eigenvalue weighted by Crippen LogP contribution is 2.26. The highest BCUT2D eigenvalue weighted by molar-refractivity contribution is 7.89. The third-order valence-electron chi connectivity index (χ3n) is 5.24. The second-order valence-electron chi connectivity index (χ2n) is 7.44. The van der Waals surface area contributed by atoms with Gasteiger partial charge in [0.15, 0.2) is 0 Å². The number of hydrogen-bond donors (Lipinski definition) is 1. The zero-order chi connectivity index (χ0) is 21.7. The first kappa shape index (κ1) is 21.1. The van der Waals surface area contributed by atoms with Crippen LogP contribution in [-0.2, 0) is 14.8 Å². The van der Waals surface area contributed by atoms with Gasteiger partial charge in [0.25, 0.3) is 0 Å². The molecule has 1 amide bonds. The number of anilines is 1. The SMILES string of the molecule is O=C(Nc1ccc(Oc2ccccc2)cc1)C1CCCN(S(=O)(=O)c2ccccc2)C1. The molecule has 4 rings (SSSR count). The standard InChI is InChI=1S/C24H24N2O4S/c27-24(25-20-13-15-22(16-14-20)30-21-9-3-1-4-10-21)19-8-7-17-26(18-19)31(28,29)23-11-5-2-6-12-23/h1-6,9-16,19H,7-8,17-18H2,(H,25,27). The van der Waals surface area contributed by atoms with Gasteiger partial charge in [-0.2, -0.15) is 4.31 Å². The maximum atomic E-state index is 12.9. The topological polar surface area (TPSA) is 75.7 Å². The van der Waals surface area contributed by atoms with E-state index in [-0.39, 0.29) is 17.3 Å². The molecule has 6 nitrogen and oxygen atoms in total. The van der Waals surface area contributed by atoms with Gasteiger partial charge < -0.3 is 10.1 Å². The van der Waals surface area contributed by atoms with Crippen LogP contribution in [0.25, 0.3) is 0 Å². The Hall–Kier alpha value is -3.16. The van der Waals surface area contributed by atoms with Crippen molar-refractivity contribution in [2.45, 2.75) is 17.7 Å². The Balaban J connectivity index is 1.38. The average Bonchev–Trinajstić information content (AvgIpc) is 2.82. The summed E-state index contributed by atoms with van der Waals surface area (Å²) >= 11 is 0. The van der Waals surface area contributed by atoms with E-state index in [0.29, 0.717) is 30.8 Å². The lowest BCUT2D eigenvalue weighted by Gasteiger charge is -2.31. The van der Waals surface area contributed by atoms with E-state index in [2.05, 4.69) is 5.32 Å². The Kier molecular flexibility index (Phi) is 6.34. The average molecular weight is 437 g/mol. The molecule has 0 spiro atoms. The molecule has 31 heavy (non-hydrogen) atoms. The van der Waals surface area contributed by atoms with Crippen molar-refractivity contribution < 1.29 is 17.9 Å². The van der Waals surface area contributed by atoms with Gasteiger partial charge in [0.2, 0.25) is 15.9 Å². The van der Waals surface area contributed by atoms with Crippen LogP contribution in [0.5, 0.6) is 11.5 Å². The molecule has 3 aromatic carbocycles. The molecule has 0 bridgehead atoms. The Morgan fingerprint density at radius 3 is 2.16 bits per heavy atom. The van der Waals surface area contributed by atoms with Crippen LogP contribution < -0.4 is 10.1 Å². The zero-order valence-electron chi connectivity index (χ0n) is 17.0. The summed E-state index contributed by atoms with van der Waals surface area (Å²) in [6, 6.07) is 24.9. The molecule has 1 atom stereocenters. The van der Waals surface area contributed by atoms with Crippen molar-refractivity contribution in [1.29, 1.82) is 0 Å². The van der Waals surface area contributed by atoms with E-state index in [4.69, 9.17) is 4.74 Å². The maximum absolute atomic E-state index is 12.9. The molecule has 3 aromatic rings. The van der Waals surface area contributed by atoms with Gasteiger partial charge in [-0.3, -0.25) is 4.79 Å². The molecular formula is C24H24N2O4S. The van der Waals surface area contributed by atoms with Gasteiger partial charge in [-0.15, -0.1) is 0 Å². The molecule has 1 fully saturated rings. The summed E-state index contributed by atoms with van der Waals surface area (Å²) in [5.41, 5.74) is 0.647. The number of amides is 1. The van der Waals surface area contributed by atoms with Gasteiger partial charge in [0.05, 0.1) is 10.8 Å². The number of nitrogens with zero attached hydrogens (tertiary/aromatic N) is 1. The summed E-state index contributed by atoms with van der Waals surface area (Å²) in [6.07, 6.45) is 1.30. The number of rotatable bonds is 6. The van der Waals surface area contributed by atoms with Gasteiger partial charge in [0.1, 0.15) is 11.5 Å². The third-order valence-corrected chi connectivity index (χ3v) is 7.12. The molecule has 1 aliphatic rings. The van der Waals surface area contributed by atoms with Gasteiger partial charge >= 0.3 is 0 Å². The minimum absolute atomic E-state index is 0.176. The quantitative estimate of drug-likeness (QED) is 0.617. The monoisotopic (exact) mass is 436 g/mol. The van der Waals surface area contributed by atoms with Gasteiger partial charge in [-0.05, 0) is 61.4 Å². The number of nitrogens with one attached hydrogen (secondary N) is 1. The second kappa shape index (κ2) is 9.32. The minimum Gasteiger partial charge on any atom is -0.457 e. The first-order valence-electron chi connectivity index (χ1n) is 10.2. The lowest BCUT2D eigenvalue weighted by molar-refractivity contribution is -0.120. The van der Waals surface area contributed by atoms with E-state index < -0.39 is 15.9 Å². The highest BCUT2D eigenvalue weighted by Gasteiger charge is 2.33. The number of benzene rings is 3. The summed E-state index contributed by atoms with van der Waals surface area (Å²) in [7, 11) is -3.60. The summed E-state index contributed by atoms with van der Waals surface area (Å²) in [6.45, 7) is 0.602. The molecule has 0 radical (unpaired) electrons. The van der Waals surface area contributed by atoms with Gasteiger partial charge in [-0.25, -0.2) is 8.42 Å². The van der Waals surface area contributed by atoms with Crippen LogP contribution >= 0.6 is 0 Å². The molecule has 1 saturated heterocycles. The van der Waals surface area contributed by atoms with Crippen LogP contribution in [0.2, 0.25) is 0 Å². The summed E-state index contributed by atoms with van der Waals surface area (Å²) in [5.74, 6) is 0.834. The molecule has 160 valence electrons. The summed E-state index contributed by atoms with van der Waals surface area (Å²) in [4.78, 5) is 13.0. The highest BCUT2D eigenvalue weighted by atomic mass is 32.2. The van der Waals surface area contributed by atoms with E-state index in [1.165, 1.54) is 4.31 Å². The Bertz CT molecular complexity index is 1120. The van der Waals surface area contributed by atoms with Crippen molar-refractivity contribution >= 4 is 21.6 Å². The normalized spacial score (nSPS) is 17.1. The summed E-state index contributed by atoms with van der Waals surface area (Å²) < 4.78 is 32.9. The third kappa shape index (κ3) is 5.13. The van der Waals surface area contributed by atoms with Crippen LogP contribution in [0.3, 0.4) is 0 Å². The van der Waals surface area contributed by atoms with Gasteiger partial charge in [-0.1, -0.05) is 36.4 Å². The number of hydrogen-bond acceptors (Lipinski definition) is 4. The Labute approximate surface area is 182 Å². The molecule has 0 aromatic heterocycles. The predicted octanol–water partition coefficient (Wildman–Crippen LogP) is 4.52. The van der Waals surface area contributed by atoms with Crippen LogP contribution in [0.4, 0.5) is 5.69 Å². The molecule has 1 unspecified atom stereocenters. The fourth-order valence-corrected chi connectivity index (χ4v) is 5.14. The molecule has 1 heterocycles. The largest absolute Gasteiger partial charge is 0.457 e. The van der Waals surface area contributed by atoms with Crippen LogP contribution in [0, 0.1) is 5.92 Å². The van der Waals surface area contributed by atoms with E-state index in [0.717, 1.165) is 5.75 Å². The van der Waals surface area contributed by atoms with E-state index >= 15 is 0 Å². The Morgan fingerprint density at radius 1 is 0.871 bits per heavy atom. The number of para-hydroxylation sites is 1. The molecule has 1 N–H and O–H groups in total. The van der Waals surface area contributed by atoms with Crippen LogP contribution in [-0.4, -0.2) is 31.7 Å². The van der Waals surface area contributed by atoms with Crippen molar-refractivity contribution in [3.05, 3.63) is 84.9 Å². The number of piperidine rings is 1. The van der Waals surface area contributed by atoms with Crippen molar-refractivity contribution in [2.75, 3.05) is 18.4 Å². The fourth-order valence-electron chi connectivity index (χ4n) is 3.59. The number of ether oxygens (including phenoxy) is 1. The van der Waals surface area contributed by atoms with Crippen molar-refractivity contribution in [2.24, 2.45) is 5.92 Å². The molecule has 0 aliphatic carbocycles. The summed E-state index contributed by atoms with van der Waals surface area (Å²) in [5, 5.41) is 2.90. The minimum atomic E-state index is -3.60. The lowest BCUT2D eigenvalue weighted by atomic mass is 9.99. The lowest BCUT2D eigenvalue weighted by Crippen LogP contribution is -2.43. The number of carbonyl (C=O) groups excluding carboxylic acids is 1. The molecule has 0 saturated carbocycles. The van der Waals surface area contributed by atoms with Crippen molar-refractivity contribution in [3.8, 4) is 11.5 Å². The smallest absolute Gasteiger partial charge is 0.243 e. The number of sulfonamides is 1. The van der Waals surface area contributed by atoms with Crippen molar-refractivity contribution in [3.63, 3.8) is 0 Å². The molecular weight excluding hydrogens is 412 g/mol. The number of carbonyl (C=O) groups is 1.